The molecule has 0 aromatic carbocycles. The van der Waals surface area contributed by atoms with Gasteiger partial charge in [-0.25, -0.2) is 0 Å². The molecule has 0 saturated carbocycles. The fourth-order valence-corrected chi connectivity index (χ4v) is 1.30. The molecule has 0 spiro atoms. The third kappa shape index (κ3) is 3.58. The van der Waals surface area contributed by atoms with Crippen LogP contribution in [0.5, 0.6) is 5.88 Å². The van der Waals surface area contributed by atoms with E-state index in [1.807, 2.05) is 0 Å². The summed E-state index contributed by atoms with van der Waals surface area (Å²) in [5.74, 6) is 1.54. The van der Waals surface area contributed by atoms with Gasteiger partial charge in [0, 0.05) is 19.2 Å². The number of rotatable bonds is 6. The van der Waals surface area contributed by atoms with Gasteiger partial charge in [-0.15, -0.1) is 0 Å². The van der Waals surface area contributed by atoms with Crippen LogP contribution < -0.4 is 15.8 Å². The van der Waals surface area contributed by atoms with Crippen LogP contribution in [0.15, 0.2) is 12.1 Å². The second-order valence-corrected chi connectivity index (χ2v) is 3.79. The number of hydrogen-bond donors (Lipinski definition) is 3. The summed E-state index contributed by atoms with van der Waals surface area (Å²) in [6.07, 6.45) is 0.761. The normalized spacial score (nSPS) is 12.2. The van der Waals surface area contributed by atoms with Gasteiger partial charge in [-0.1, -0.05) is 6.92 Å². The van der Waals surface area contributed by atoms with Gasteiger partial charge < -0.3 is 20.9 Å². The molecule has 5 heteroatoms. The molecule has 0 bridgehead atoms. The maximum Gasteiger partial charge on any atom is 0.215 e. The van der Waals surface area contributed by atoms with Crippen molar-refractivity contribution >= 4 is 11.5 Å². The van der Waals surface area contributed by atoms with Crippen molar-refractivity contribution in [3.8, 4) is 5.88 Å². The number of aliphatic hydroxyl groups is 1. The first-order valence-electron chi connectivity index (χ1n) is 5.32. The number of aromatic nitrogens is 1. The lowest BCUT2D eigenvalue weighted by molar-refractivity contribution is 0.266. The Bertz CT molecular complexity index is 331. The van der Waals surface area contributed by atoms with Crippen molar-refractivity contribution in [2.75, 3.05) is 31.3 Å². The van der Waals surface area contributed by atoms with Gasteiger partial charge in [0.2, 0.25) is 5.88 Å². The zero-order valence-corrected chi connectivity index (χ0v) is 9.73. The van der Waals surface area contributed by atoms with Gasteiger partial charge in [-0.2, -0.15) is 4.98 Å². The van der Waals surface area contributed by atoms with Crippen LogP contribution in [-0.2, 0) is 0 Å². The number of hydrogen-bond acceptors (Lipinski definition) is 5. The molecule has 5 nitrogen and oxygen atoms in total. The van der Waals surface area contributed by atoms with Crippen LogP contribution >= 0.6 is 0 Å². The minimum absolute atomic E-state index is 0.198. The number of pyridine rings is 1. The Kier molecular flexibility index (Phi) is 4.85. The molecule has 16 heavy (non-hydrogen) atoms. The first-order chi connectivity index (χ1) is 7.67. The summed E-state index contributed by atoms with van der Waals surface area (Å²) < 4.78 is 5.02. The lowest BCUT2D eigenvalue weighted by Gasteiger charge is -2.13. The highest BCUT2D eigenvalue weighted by atomic mass is 16.5. The summed E-state index contributed by atoms with van der Waals surface area (Å²) in [6.45, 7) is 2.98. The maximum atomic E-state index is 8.78. The molecule has 1 aromatic heterocycles. The van der Waals surface area contributed by atoms with Crippen LogP contribution in [0.3, 0.4) is 0 Å². The number of nitrogens with two attached hydrogens (primary N) is 1. The molecule has 1 aromatic rings. The van der Waals surface area contributed by atoms with Crippen molar-refractivity contribution in [2.24, 2.45) is 5.92 Å². The molecule has 0 saturated heterocycles. The van der Waals surface area contributed by atoms with E-state index in [0.29, 0.717) is 23.3 Å². The summed E-state index contributed by atoms with van der Waals surface area (Å²) in [7, 11) is 1.57. The predicted octanol–water partition coefficient (Wildman–Crippen LogP) is 1.10. The molecule has 0 aliphatic rings. The monoisotopic (exact) mass is 225 g/mol. The quantitative estimate of drug-likeness (QED) is 0.675. The SMILES string of the molecule is COc1ccc(N)c(NCC(C)CCO)n1. The number of methoxy groups -OCH3 is 1. The largest absolute Gasteiger partial charge is 0.481 e. The molecule has 4 N–H and O–H groups in total. The third-order valence-corrected chi connectivity index (χ3v) is 2.35. The van der Waals surface area contributed by atoms with E-state index in [9.17, 15) is 0 Å². The van der Waals surface area contributed by atoms with Gasteiger partial charge in [0.25, 0.3) is 0 Å². The minimum Gasteiger partial charge on any atom is -0.481 e. The number of anilines is 2. The first kappa shape index (κ1) is 12.6. The number of nitrogens with one attached hydrogen (secondary N) is 1. The van der Waals surface area contributed by atoms with E-state index in [2.05, 4.69) is 17.2 Å². The summed E-state index contributed by atoms with van der Waals surface area (Å²) >= 11 is 0. The molecule has 0 aliphatic carbocycles. The van der Waals surface area contributed by atoms with E-state index in [1.54, 1.807) is 19.2 Å². The van der Waals surface area contributed by atoms with Gasteiger partial charge in [-0.05, 0) is 18.4 Å². The third-order valence-electron chi connectivity index (χ3n) is 2.35. The highest BCUT2D eigenvalue weighted by Crippen LogP contribution is 2.19. The van der Waals surface area contributed by atoms with E-state index in [4.69, 9.17) is 15.6 Å². The lowest BCUT2D eigenvalue weighted by atomic mass is 10.1. The Hall–Kier alpha value is -1.49. The smallest absolute Gasteiger partial charge is 0.215 e. The Morgan fingerprint density at radius 3 is 2.94 bits per heavy atom. The standard InChI is InChI=1S/C11H19N3O2/c1-8(5-6-15)7-13-11-9(12)3-4-10(14-11)16-2/h3-4,8,15H,5-7,12H2,1-2H3,(H,13,14). The maximum absolute atomic E-state index is 8.78. The molecular formula is C11H19N3O2. The molecule has 90 valence electrons. The van der Waals surface area contributed by atoms with Gasteiger partial charge in [0.1, 0.15) is 0 Å². The molecular weight excluding hydrogens is 206 g/mol. The van der Waals surface area contributed by atoms with Crippen LogP contribution in [-0.4, -0.2) is 30.4 Å². The van der Waals surface area contributed by atoms with Crippen LogP contribution in [0.2, 0.25) is 0 Å². The second kappa shape index (κ2) is 6.17. The van der Waals surface area contributed by atoms with Crippen molar-refractivity contribution in [2.45, 2.75) is 13.3 Å². The summed E-state index contributed by atoms with van der Waals surface area (Å²) in [4.78, 5) is 4.20. The molecule has 0 radical (unpaired) electrons. The van der Waals surface area contributed by atoms with Crippen molar-refractivity contribution in [3.63, 3.8) is 0 Å². The van der Waals surface area contributed by atoms with E-state index in [0.717, 1.165) is 13.0 Å². The Balaban J connectivity index is 2.58. The first-order valence-corrected chi connectivity index (χ1v) is 5.32. The zero-order valence-electron chi connectivity index (χ0n) is 9.73. The van der Waals surface area contributed by atoms with Gasteiger partial charge in [0.05, 0.1) is 12.8 Å². The van der Waals surface area contributed by atoms with Gasteiger partial charge in [-0.3, -0.25) is 0 Å². The van der Waals surface area contributed by atoms with Gasteiger partial charge in [0.15, 0.2) is 5.82 Å². The van der Waals surface area contributed by atoms with Crippen molar-refractivity contribution in [1.29, 1.82) is 0 Å². The number of nitrogens with zero attached hydrogens (tertiary/aromatic N) is 1. The van der Waals surface area contributed by atoms with Crippen molar-refractivity contribution in [1.82, 2.24) is 4.98 Å². The minimum atomic E-state index is 0.198. The molecule has 1 atom stereocenters. The van der Waals surface area contributed by atoms with Crippen LogP contribution in [0.1, 0.15) is 13.3 Å². The van der Waals surface area contributed by atoms with E-state index < -0.39 is 0 Å². The summed E-state index contributed by atoms with van der Waals surface area (Å²) in [5.41, 5.74) is 6.37. The fraction of sp³-hybridized carbons (Fsp3) is 0.545. The predicted molar refractivity (Wildman–Crippen MR) is 64.6 cm³/mol. The highest BCUT2D eigenvalue weighted by molar-refractivity contribution is 5.61. The lowest BCUT2D eigenvalue weighted by Crippen LogP contribution is -2.14. The molecule has 1 heterocycles. The van der Waals surface area contributed by atoms with Crippen LogP contribution in [0, 0.1) is 5.92 Å². The molecule has 0 fully saturated rings. The molecule has 0 amide bonds. The molecule has 1 rings (SSSR count). The Morgan fingerprint density at radius 2 is 2.31 bits per heavy atom. The Morgan fingerprint density at radius 1 is 1.56 bits per heavy atom. The van der Waals surface area contributed by atoms with Crippen molar-refractivity contribution in [3.05, 3.63) is 12.1 Å². The average Bonchev–Trinajstić information content (AvgIpc) is 2.28. The number of nitrogen functional groups attached to an aromatic ring is 1. The van der Waals surface area contributed by atoms with Gasteiger partial charge >= 0.3 is 0 Å². The summed E-state index contributed by atoms with van der Waals surface area (Å²) in [6, 6.07) is 3.47. The van der Waals surface area contributed by atoms with E-state index in [1.165, 1.54) is 0 Å². The summed E-state index contributed by atoms with van der Waals surface area (Å²) in [5, 5.41) is 11.9. The topological polar surface area (TPSA) is 80.4 Å². The number of ether oxygens (including phenoxy) is 1. The fourth-order valence-electron chi connectivity index (χ4n) is 1.30. The van der Waals surface area contributed by atoms with Crippen LogP contribution in [0.4, 0.5) is 11.5 Å². The second-order valence-electron chi connectivity index (χ2n) is 3.79. The van der Waals surface area contributed by atoms with E-state index >= 15 is 0 Å². The molecule has 0 aliphatic heterocycles. The number of aliphatic hydroxyl groups excluding tert-OH is 1. The Labute approximate surface area is 95.6 Å². The van der Waals surface area contributed by atoms with Crippen LogP contribution in [0.25, 0.3) is 0 Å². The van der Waals surface area contributed by atoms with E-state index in [-0.39, 0.29) is 6.61 Å². The van der Waals surface area contributed by atoms with Crippen molar-refractivity contribution < 1.29 is 9.84 Å². The highest BCUT2D eigenvalue weighted by Gasteiger charge is 2.05. The molecule has 1 unspecified atom stereocenters. The average molecular weight is 225 g/mol. The zero-order chi connectivity index (χ0) is 12.0.